The van der Waals surface area contributed by atoms with Crippen LogP contribution in [-0.2, 0) is 5.75 Å². The number of aryl methyl sites for hydroxylation is 1. The number of benzene rings is 2. The SMILES string of the molecule is Cc1cccc(SCc2ccc(N)cc2Br)c1. The number of nitrogen functional groups attached to an aromatic ring is 1. The molecule has 88 valence electrons. The molecule has 0 atom stereocenters. The molecule has 1 nitrogen and oxygen atoms in total. The Hall–Kier alpha value is -0.930. The highest BCUT2D eigenvalue weighted by molar-refractivity contribution is 9.10. The van der Waals surface area contributed by atoms with Gasteiger partial charge in [0.2, 0.25) is 0 Å². The molecule has 0 aliphatic heterocycles. The highest BCUT2D eigenvalue weighted by atomic mass is 79.9. The van der Waals surface area contributed by atoms with E-state index < -0.39 is 0 Å². The van der Waals surface area contributed by atoms with Gasteiger partial charge in [-0.25, -0.2) is 0 Å². The summed E-state index contributed by atoms with van der Waals surface area (Å²) in [5.41, 5.74) is 9.08. The topological polar surface area (TPSA) is 26.0 Å². The number of rotatable bonds is 3. The first-order valence-corrected chi connectivity index (χ1v) is 7.16. The number of anilines is 1. The molecular weight excluding hydrogens is 294 g/mol. The van der Waals surface area contributed by atoms with Gasteiger partial charge in [-0.05, 0) is 36.8 Å². The van der Waals surface area contributed by atoms with Gasteiger partial charge in [0, 0.05) is 20.8 Å². The van der Waals surface area contributed by atoms with Crippen LogP contribution in [0.2, 0.25) is 0 Å². The predicted molar refractivity (Wildman–Crippen MR) is 79.3 cm³/mol. The van der Waals surface area contributed by atoms with Gasteiger partial charge in [0.1, 0.15) is 0 Å². The minimum Gasteiger partial charge on any atom is -0.399 e. The monoisotopic (exact) mass is 307 g/mol. The van der Waals surface area contributed by atoms with Crippen molar-refractivity contribution in [2.75, 3.05) is 5.73 Å². The van der Waals surface area contributed by atoms with Crippen molar-refractivity contribution in [2.45, 2.75) is 17.6 Å². The first-order valence-electron chi connectivity index (χ1n) is 5.38. The van der Waals surface area contributed by atoms with Crippen LogP contribution in [0, 0.1) is 6.92 Å². The van der Waals surface area contributed by atoms with Gasteiger partial charge in [0.15, 0.2) is 0 Å². The molecule has 0 fully saturated rings. The minimum absolute atomic E-state index is 0.793. The van der Waals surface area contributed by atoms with E-state index in [0.717, 1.165) is 15.9 Å². The minimum atomic E-state index is 0.793. The van der Waals surface area contributed by atoms with E-state index in [-0.39, 0.29) is 0 Å². The first-order chi connectivity index (χ1) is 8.15. The molecule has 0 amide bonds. The Morgan fingerprint density at radius 3 is 2.71 bits per heavy atom. The first kappa shape index (κ1) is 12.5. The van der Waals surface area contributed by atoms with Crippen molar-refractivity contribution in [3.05, 3.63) is 58.1 Å². The predicted octanol–water partition coefficient (Wildman–Crippen LogP) is 4.63. The quantitative estimate of drug-likeness (QED) is 0.661. The summed E-state index contributed by atoms with van der Waals surface area (Å²) in [4.78, 5) is 1.30. The molecule has 17 heavy (non-hydrogen) atoms. The Balaban J connectivity index is 2.07. The maximum atomic E-state index is 5.72. The average molecular weight is 308 g/mol. The zero-order valence-corrected chi connectivity index (χ0v) is 12.0. The third-order valence-electron chi connectivity index (χ3n) is 2.46. The van der Waals surface area contributed by atoms with Gasteiger partial charge in [-0.15, -0.1) is 11.8 Å². The second kappa shape index (κ2) is 5.61. The zero-order chi connectivity index (χ0) is 12.3. The summed E-state index contributed by atoms with van der Waals surface area (Å²) in [6.45, 7) is 2.11. The molecular formula is C14H14BrNS. The molecule has 0 unspecified atom stereocenters. The smallest absolute Gasteiger partial charge is 0.0325 e. The lowest BCUT2D eigenvalue weighted by Gasteiger charge is -2.06. The van der Waals surface area contributed by atoms with E-state index in [9.17, 15) is 0 Å². The lowest BCUT2D eigenvalue weighted by molar-refractivity contribution is 1.33. The van der Waals surface area contributed by atoms with Crippen LogP contribution in [0.25, 0.3) is 0 Å². The molecule has 2 aromatic carbocycles. The van der Waals surface area contributed by atoms with Crippen LogP contribution >= 0.6 is 27.7 Å². The highest BCUT2D eigenvalue weighted by Crippen LogP contribution is 2.28. The van der Waals surface area contributed by atoms with E-state index in [1.165, 1.54) is 16.0 Å². The van der Waals surface area contributed by atoms with E-state index >= 15 is 0 Å². The maximum Gasteiger partial charge on any atom is 0.0325 e. The van der Waals surface area contributed by atoms with Crippen molar-refractivity contribution in [3.63, 3.8) is 0 Å². The molecule has 3 heteroatoms. The summed E-state index contributed by atoms with van der Waals surface area (Å²) in [7, 11) is 0. The Morgan fingerprint density at radius 2 is 2.00 bits per heavy atom. The van der Waals surface area contributed by atoms with Crippen molar-refractivity contribution in [3.8, 4) is 0 Å². The van der Waals surface area contributed by atoms with Gasteiger partial charge in [0.25, 0.3) is 0 Å². The third-order valence-corrected chi connectivity index (χ3v) is 4.24. The molecule has 0 heterocycles. The summed E-state index contributed by atoms with van der Waals surface area (Å²) in [6, 6.07) is 14.5. The largest absolute Gasteiger partial charge is 0.399 e. The summed E-state index contributed by atoms with van der Waals surface area (Å²) < 4.78 is 1.08. The van der Waals surface area contributed by atoms with E-state index in [4.69, 9.17) is 5.73 Å². The Kier molecular flexibility index (Phi) is 4.13. The van der Waals surface area contributed by atoms with Crippen LogP contribution in [0.5, 0.6) is 0 Å². The fourth-order valence-corrected chi connectivity index (χ4v) is 3.29. The Labute approximate surface area is 115 Å². The van der Waals surface area contributed by atoms with Crippen LogP contribution < -0.4 is 5.73 Å². The summed E-state index contributed by atoms with van der Waals surface area (Å²) >= 11 is 5.38. The Morgan fingerprint density at radius 1 is 1.18 bits per heavy atom. The standard InChI is InChI=1S/C14H14BrNS/c1-10-3-2-4-13(7-10)17-9-11-5-6-12(16)8-14(11)15/h2-8H,9,16H2,1H3. The van der Waals surface area contributed by atoms with Gasteiger partial charge >= 0.3 is 0 Å². The van der Waals surface area contributed by atoms with E-state index in [1.54, 1.807) is 0 Å². The summed E-state index contributed by atoms with van der Waals surface area (Å²) in [6.07, 6.45) is 0. The number of nitrogens with two attached hydrogens (primary N) is 1. The molecule has 2 aromatic rings. The fourth-order valence-electron chi connectivity index (χ4n) is 1.55. The van der Waals surface area contributed by atoms with Crippen LogP contribution in [-0.4, -0.2) is 0 Å². The molecule has 0 bridgehead atoms. The summed E-state index contributed by atoms with van der Waals surface area (Å²) in [5.74, 6) is 0.949. The van der Waals surface area contributed by atoms with Gasteiger partial charge in [-0.2, -0.15) is 0 Å². The second-order valence-corrected chi connectivity index (χ2v) is 5.86. The molecule has 0 saturated carbocycles. The third kappa shape index (κ3) is 3.51. The molecule has 0 aromatic heterocycles. The van der Waals surface area contributed by atoms with Crippen LogP contribution in [0.1, 0.15) is 11.1 Å². The second-order valence-electron chi connectivity index (χ2n) is 3.96. The van der Waals surface area contributed by atoms with Crippen LogP contribution in [0.4, 0.5) is 5.69 Å². The normalized spacial score (nSPS) is 10.5. The zero-order valence-electron chi connectivity index (χ0n) is 9.61. The molecule has 2 N–H and O–H groups in total. The Bertz CT molecular complexity index is 525. The fraction of sp³-hybridized carbons (Fsp3) is 0.143. The number of thioether (sulfide) groups is 1. The van der Waals surface area contributed by atoms with Crippen molar-refractivity contribution >= 4 is 33.4 Å². The average Bonchev–Trinajstić information content (AvgIpc) is 2.28. The molecule has 0 spiro atoms. The van der Waals surface area contributed by atoms with Crippen molar-refractivity contribution < 1.29 is 0 Å². The van der Waals surface area contributed by atoms with Crippen molar-refractivity contribution in [2.24, 2.45) is 0 Å². The van der Waals surface area contributed by atoms with E-state index in [0.29, 0.717) is 0 Å². The molecule has 0 saturated heterocycles. The van der Waals surface area contributed by atoms with Crippen molar-refractivity contribution in [1.29, 1.82) is 0 Å². The highest BCUT2D eigenvalue weighted by Gasteiger charge is 2.01. The van der Waals surface area contributed by atoms with E-state index in [2.05, 4.69) is 53.2 Å². The maximum absolute atomic E-state index is 5.72. The van der Waals surface area contributed by atoms with Crippen LogP contribution in [0.15, 0.2) is 51.8 Å². The number of hydrogen-bond acceptors (Lipinski definition) is 2. The van der Waals surface area contributed by atoms with Crippen molar-refractivity contribution in [1.82, 2.24) is 0 Å². The van der Waals surface area contributed by atoms with Gasteiger partial charge in [-0.1, -0.05) is 39.7 Å². The van der Waals surface area contributed by atoms with Gasteiger partial charge in [-0.3, -0.25) is 0 Å². The molecule has 2 rings (SSSR count). The number of hydrogen-bond donors (Lipinski definition) is 1. The van der Waals surface area contributed by atoms with Gasteiger partial charge in [0.05, 0.1) is 0 Å². The molecule has 0 radical (unpaired) electrons. The molecule has 0 aliphatic carbocycles. The van der Waals surface area contributed by atoms with Gasteiger partial charge < -0.3 is 5.73 Å². The van der Waals surface area contributed by atoms with E-state index in [1.807, 2.05) is 23.9 Å². The lowest BCUT2D eigenvalue weighted by atomic mass is 10.2. The van der Waals surface area contributed by atoms with Crippen LogP contribution in [0.3, 0.4) is 0 Å². The molecule has 0 aliphatic rings. The lowest BCUT2D eigenvalue weighted by Crippen LogP contribution is -1.88. The number of halogens is 1. The summed E-state index contributed by atoms with van der Waals surface area (Å²) in [5, 5.41) is 0.